The topological polar surface area (TPSA) is 58.2 Å². The van der Waals surface area contributed by atoms with E-state index < -0.39 is 0 Å². The first-order valence-corrected chi connectivity index (χ1v) is 6.79. The van der Waals surface area contributed by atoms with E-state index in [9.17, 15) is 9.59 Å². The zero-order chi connectivity index (χ0) is 15.2. The molecule has 108 valence electrons. The fraction of sp³-hybridized carbons (Fsp3) is 0.176. The van der Waals surface area contributed by atoms with Gasteiger partial charge in [-0.25, -0.2) is 4.79 Å². The van der Waals surface area contributed by atoms with Crippen LogP contribution in [0.4, 0.5) is 10.5 Å². The summed E-state index contributed by atoms with van der Waals surface area (Å²) in [6.07, 6.45) is 0. The van der Waals surface area contributed by atoms with Gasteiger partial charge in [0.2, 0.25) is 0 Å². The van der Waals surface area contributed by atoms with Crippen molar-refractivity contribution in [3.05, 3.63) is 65.7 Å². The second kappa shape index (κ2) is 6.70. The van der Waals surface area contributed by atoms with E-state index in [2.05, 4.69) is 10.6 Å². The molecule has 0 heterocycles. The van der Waals surface area contributed by atoms with Crippen LogP contribution in [0.1, 0.15) is 35.8 Å². The van der Waals surface area contributed by atoms with Gasteiger partial charge in [0.25, 0.3) is 0 Å². The molecule has 2 amide bonds. The predicted molar refractivity (Wildman–Crippen MR) is 83.5 cm³/mol. The summed E-state index contributed by atoms with van der Waals surface area (Å²) in [6, 6.07) is 16.2. The molecule has 0 saturated heterocycles. The first kappa shape index (κ1) is 14.8. The molecule has 2 aromatic carbocycles. The van der Waals surface area contributed by atoms with Gasteiger partial charge in [0, 0.05) is 11.3 Å². The number of Topliss-reactive ketones (excluding diaryl/α,β-unsaturated/α-hetero) is 1. The number of nitrogens with one attached hydrogen (secondary N) is 2. The number of anilines is 1. The third kappa shape index (κ3) is 4.18. The third-order valence-corrected chi connectivity index (χ3v) is 3.17. The number of urea groups is 1. The molecule has 21 heavy (non-hydrogen) atoms. The fourth-order valence-electron chi connectivity index (χ4n) is 2.00. The van der Waals surface area contributed by atoms with Crippen molar-refractivity contribution in [2.45, 2.75) is 19.9 Å². The molecule has 0 aromatic heterocycles. The maximum Gasteiger partial charge on any atom is 0.319 e. The zero-order valence-corrected chi connectivity index (χ0v) is 12.1. The smallest absolute Gasteiger partial charge is 0.319 e. The average molecular weight is 282 g/mol. The van der Waals surface area contributed by atoms with E-state index in [4.69, 9.17) is 0 Å². The third-order valence-electron chi connectivity index (χ3n) is 3.17. The second-order valence-electron chi connectivity index (χ2n) is 4.87. The lowest BCUT2D eigenvalue weighted by Gasteiger charge is -2.15. The Morgan fingerprint density at radius 1 is 1.00 bits per heavy atom. The first-order valence-electron chi connectivity index (χ1n) is 6.79. The highest BCUT2D eigenvalue weighted by molar-refractivity contribution is 5.96. The Bertz CT molecular complexity index is 638. The summed E-state index contributed by atoms with van der Waals surface area (Å²) in [5, 5.41) is 5.59. The summed E-state index contributed by atoms with van der Waals surface area (Å²) in [5.41, 5.74) is 2.20. The standard InChI is InChI=1S/C17H18N2O2/c1-12(14-7-4-3-5-8-14)18-17(21)19-16-10-6-9-15(11-16)13(2)20/h3-12H,1-2H3,(H2,18,19,21)/t12-/m0/s1. The maximum absolute atomic E-state index is 12.0. The predicted octanol–water partition coefficient (Wildman–Crippen LogP) is 3.77. The molecule has 0 aliphatic heterocycles. The average Bonchev–Trinajstić information content (AvgIpc) is 2.48. The molecule has 4 nitrogen and oxygen atoms in total. The van der Waals surface area contributed by atoms with E-state index in [-0.39, 0.29) is 17.9 Å². The number of carbonyl (C=O) groups is 2. The lowest BCUT2D eigenvalue weighted by molar-refractivity contribution is 0.101. The van der Waals surface area contributed by atoms with Crippen LogP contribution in [0, 0.1) is 0 Å². The Balaban J connectivity index is 1.99. The summed E-state index contributed by atoms with van der Waals surface area (Å²) in [4.78, 5) is 23.3. The molecule has 2 aromatic rings. The van der Waals surface area contributed by atoms with Gasteiger partial charge in [0.1, 0.15) is 0 Å². The molecule has 4 heteroatoms. The van der Waals surface area contributed by atoms with Crippen LogP contribution in [0.3, 0.4) is 0 Å². The lowest BCUT2D eigenvalue weighted by Crippen LogP contribution is -2.31. The van der Waals surface area contributed by atoms with Crippen LogP contribution in [0.2, 0.25) is 0 Å². The minimum Gasteiger partial charge on any atom is -0.331 e. The minimum absolute atomic E-state index is 0.0308. The van der Waals surface area contributed by atoms with E-state index in [1.165, 1.54) is 6.92 Å². The molecule has 0 unspecified atom stereocenters. The number of carbonyl (C=O) groups excluding carboxylic acids is 2. The van der Waals surface area contributed by atoms with Gasteiger partial charge in [-0.1, -0.05) is 42.5 Å². The first-order chi connectivity index (χ1) is 10.1. The molecule has 0 aliphatic carbocycles. The monoisotopic (exact) mass is 282 g/mol. The Labute approximate surface area is 124 Å². The summed E-state index contributed by atoms with van der Waals surface area (Å²) in [6.45, 7) is 3.41. The van der Waals surface area contributed by atoms with Gasteiger partial charge >= 0.3 is 6.03 Å². The maximum atomic E-state index is 12.0. The van der Waals surface area contributed by atoms with Crippen LogP contribution in [-0.4, -0.2) is 11.8 Å². The zero-order valence-electron chi connectivity index (χ0n) is 12.1. The van der Waals surface area contributed by atoms with Crippen molar-refractivity contribution < 1.29 is 9.59 Å². The van der Waals surface area contributed by atoms with Gasteiger partial charge in [0.05, 0.1) is 6.04 Å². The molecule has 2 N–H and O–H groups in total. The normalized spacial score (nSPS) is 11.5. The molecule has 0 aliphatic rings. The van der Waals surface area contributed by atoms with Crippen LogP contribution >= 0.6 is 0 Å². The van der Waals surface area contributed by atoms with Crippen LogP contribution in [0.5, 0.6) is 0 Å². The summed E-state index contributed by atoms with van der Waals surface area (Å²) in [7, 11) is 0. The highest BCUT2D eigenvalue weighted by atomic mass is 16.2. The van der Waals surface area contributed by atoms with Crippen molar-refractivity contribution in [2.75, 3.05) is 5.32 Å². The van der Waals surface area contributed by atoms with Crippen molar-refractivity contribution in [3.63, 3.8) is 0 Å². The van der Waals surface area contributed by atoms with E-state index >= 15 is 0 Å². The lowest BCUT2D eigenvalue weighted by atomic mass is 10.1. The van der Waals surface area contributed by atoms with Crippen LogP contribution < -0.4 is 10.6 Å². The van der Waals surface area contributed by atoms with Crippen LogP contribution in [0.25, 0.3) is 0 Å². The van der Waals surface area contributed by atoms with Crippen molar-refractivity contribution in [2.24, 2.45) is 0 Å². The van der Waals surface area contributed by atoms with Crippen molar-refractivity contribution in [3.8, 4) is 0 Å². The summed E-state index contributed by atoms with van der Waals surface area (Å²) >= 11 is 0. The Kier molecular flexibility index (Phi) is 4.72. The quantitative estimate of drug-likeness (QED) is 0.839. The highest BCUT2D eigenvalue weighted by Gasteiger charge is 2.09. The second-order valence-corrected chi connectivity index (χ2v) is 4.87. The van der Waals surface area contributed by atoms with Crippen LogP contribution in [0.15, 0.2) is 54.6 Å². The number of benzene rings is 2. The van der Waals surface area contributed by atoms with Gasteiger partial charge < -0.3 is 10.6 Å². The van der Waals surface area contributed by atoms with E-state index in [1.54, 1.807) is 24.3 Å². The number of rotatable bonds is 4. The Morgan fingerprint density at radius 2 is 1.71 bits per heavy atom. The Morgan fingerprint density at radius 3 is 2.38 bits per heavy atom. The van der Waals surface area contributed by atoms with E-state index in [0.29, 0.717) is 11.3 Å². The molecule has 0 bridgehead atoms. The van der Waals surface area contributed by atoms with Gasteiger partial charge in [-0.2, -0.15) is 0 Å². The Hall–Kier alpha value is -2.62. The molecule has 0 saturated carbocycles. The molecular weight excluding hydrogens is 264 g/mol. The minimum atomic E-state index is -0.299. The summed E-state index contributed by atoms with van der Waals surface area (Å²) in [5.74, 6) is -0.0308. The number of hydrogen-bond donors (Lipinski definition) is 2. The SMILES string of the molecule is CC(=O)c1cccc(NC(=O)N[C@@H](C)c2ccccc2)c1. The molecule has 0 spiro atoms. The van der Waals surface area contributed by atoms with Crippen molar-refractivity contribution >= 4 is 17.5 Å². The number of hydrogen-bond acceptors (Lipinski definition) is 2. The summed E-state index contributed by atoms with van der Waals surface area (Å²) < 4.78 is 0. The fourth-order valence-corrected chi connectivity index (χ4v) is 2.00. The van der Waals surface area contributed by atoms with E-state index in [0.717, 1.165) is 5.56 Å². The number of amides is 2. The van der Waals surface area contributed by atoms with E-state index in [1.807, 2.05) is 37.3 Å². The van der Waals surface area contributed by atoms with Crippen molar-refractivity contribution in [1.29, 1.82) is 0 Å². The largest absolute Gasteiger partial charge is 0.331 e. The molecular formula is C17H18N2O2. The van der Waals surface area contributed by atoms with Gasteiger partial charge in [-0.05, 0) is 31.5 Å². The number of ketones is 1. The van der Waals surface area contributed by atoms with Crippen LogP contribution in [-0.2, 0) is 0 Å². The van der Waals surface area contributed by atoms with Crippen molar-refractivity contribution in [1.82, 2.24) is 5.32 Å². The van der Waals surface area contributed by atoms with Gasteiger partial charge in [0.15, 0.2) is 5.78 Å². The molecule has 0 fully saturated rings. The molecule has 0 radical (unpaired) electrons. The molecule has 2 rings (SSSR count). The highest BCUT2D eigenvalue weighted by Crippen LogP contribution is 2.13. The van der Waals surface area contributed by atoms with Gasteiger partial charge in [-0.3, -0.25) is 4.79 Å². The molecule has 1 atom stereocenters. The van der Waals surface area contributed by atoms with Gasteiger partial charge in [-0.15, -0.1) is 0 Å².